The summed E-state index contributed by atoms with van der Waals surface area (Å²) in [6.45, 7) is 1.82. The smallest absolute Gasteiger partial charge is 0.248 e. The first-order valence-corrected chi connectivity index (χ1v) is 6.51. The van der Waals surface area contributed by atoms with Crippen molar-refractivity contribution < 1.29 is 9.90 Å². The van der Waals surface area contributed by atoms with Gasteiger partial charge in [-0.3, -0.25) is 4.79 Å². The number of nitrogens with zero attached hydrogens (tertiary/aromatic N) is 2. The van der Waals surface area contributed by atoms with Crippen LogP contribution in [0.3, 0.4) is 0 Å². The average Bonchev–Trinajstić information content (AvgIpc) is 2.43. The normalized spacial score (nSPS) is 12.2. The third kappa shape index (κ3) is 3.05. The molecule has 1 atom stereocenters. The van der Waals surface area contributed by atoms with Crippen molar-refractivity contribution in [1.29, 1.82) is 0 Å². The van der Waals surface area contributed by atoms with E-state index >= 15 is 0 Å². The van der Waals surface area contributed by atoms with E-state index in [1.807, 2.05) is 49.3 Å². The average molecular weight is 273 g/mol. The highest BCUT2D eigenvalue weighted by molar-refractivity contribution is 5.85. The van der Waals surface area contributed by atoms with Gasteiger partial charge in [0.2, 0.25) is 5.91 Å². The second-order valence-corrected chi connectivity index (χ2v) is 4.94. The Labute approximate surface area is 118 Å². The van der Waals surface area contributed by atoms with E-state index in [4.69, 9.17) is 0 Å². The number of anilines is 1. The second kappa shape index (κ2) is 5.88. The molecule has 0 fully saturated rings. The molecule has 0 radical (unpaired) electrons. The van der Waals surface area contributed by atoms with Gasteiger partial charge in [0.25, 0.3) is 0 Å². The van der Waals surface area contributed by atoms with Crippen LogP contribution in [0.15, 0.2) is 30.3 Å². The summed E-state index contributed by atoms with van der Waals surface area (Å²) in [5.41, 5.74) is 1.87. The first-order valence-electron chi connectivity index (χ1n) is 6.51. The van der Waals surface area contributed by atoms with E-state index in [9.17, 15) is 9.90 Å². The molecule has 1 amide bonds. The predicted molar refractivity (Wildman–Crippen MR) is 79.6 cm³/mol. The molecule has 0 saturated carbocycles. The van der Waals surface area contributed by atoms with E-state index in [2.05, 4.69) is 10.3 Å². The SMILES string of the molecule is CC(O)C(=O)NCc1cc(N(C)C)nc2ccccc12. The summed E-state index contributed by atoms with van der Waals surface area (Å²) in [5, 5.41) is 12.9. The molecule has 2 rings (SSSR count). The van der Waals surface area contributed by atoms with Crippen molar-refractivity contribution in [2.45, 2.75) is 19.6 Å². The topological polar surface area (TPSA) is 65.5 Å². The fraction of sp³-hybridized carbons (Fsp3) is 0.333. The minimum absolute atomic E-state index is 0.369. The molecular formula is C15H19N3O2. The Bertz CT molecular complexity index is 624. The zero-order valence-electron chi connectivity index (χ0n) is 11.9. The Morgan fingerprint density at radius 2 is 2.10 bits per heavy atom. The third-order valence-corrected chi connectivity index (χ3v) is 3.08. The molecule has 5 heteroatoms. The van der Waals surface area contributed by atoms with Gasteiger partial charge in [0, 0.05) is 26.0 Å². The minimum Gasteiger partial charge on any atom is -0.384 e. The number of carbonyl (C=O) groups is 1. The number of nitrogens with one attached hydrogen (secondary N) is 1. The van der Waals surface area contributed by atoms with Gasteiger partial charge in [-0.2, -0.15) is 0 Å². The van der Waals surface area contributed by atoms with Crippen LogP contribution in [0.25, 0.3) is 10.9 Å². The standard InChI is InChI=1S/C15H19N3O2/c1-10(19)15(20)16-9-11-8-14(18(2)3)17-13-7-5-4-6-12(11)13/h4-8,10,19H,9H2,1-3H3,(H,16,20). The molecule has 5 nitrogen and oxygen atoms in total. The van der Waals surface area contributed by atoms with Crippen molar-refractivity contribution in [2.75, 3.05) is 19.0 Å². The van der Waals surface area contributed by atoms with Crippen molar-refractivity contribution in [3.05, 3.63) is 35.9 Å². The van der Waals surface area contributed by atoms with Gasteiger partial charge in [-0.1, -0.05) is 18.2 Å². The number of aromatic nitrogens is 1. The van der Waals surface area contributed by atoms with E-state index in [1.165, 1.54) is 6.92 Å². The van der Waals surface area contributed by atoms with Crippen LogP contribution < -0.4 is 10.2 Å². The van der Waals surface area contributed by atoms with Gasteiger partial charge in [-0.05, 0) is 24.6 Å². The summed E-state index contributed by atoms with van der Waals surface area (Å²) in [6.07, 6.45) is -1.00. The van der Waals surface area contributed by atoms with Gasteiger partial charge in [0.05, 0.1) is 5.52 Å². The fourth-order valence-corrected chi connectivity index (χ4v) is 1.94. The molecule has 1 unspecified atom stereocenters. The second-order valence-electron chi connectivity index (χ2n) is 4.94. The van der Waals surface area contributed by atoms with Crippen LogP contribution in [0.4, 0.5) is 5.82 Å². The molecule has 2 aromatic rings. The van der Waals surface area contributed by atoms with E-state index < -0.39 is 6.10 Å². The zero-order chi connectivity index (χ0) is 14.7. The molecule has 1 heterocycles. The molecule has 1 aromatic heterocycles. The molecule has 1 aromatic carbocycles. The van der Waals surface area contributed by atoms with Crippen LogP contribution in [0.5, 0.6) is 0 Å². The number of fused-ring (bicyclic) bond motifs is 1. The number of aliphatic hydroxyl groups excluding tert-OH is 1. The maximum absolute atomic E-state index is 11.5. The molecule has 0 spiro atoms. The zero-order valence-corrected chi connectivity index (χ0v) is 11.9. The largest absolute Gasteiger partial charge is 0.384 e. The van der Waals surface area contributed by atoms with Gasteiger partial charge >= 0.3 is 0 Å². The Morgan fingerprint density at radius 3 is 2.75 bits per heavy atom. The van der Waals surface area contributed by atoms with Crippen molar-refractivity contribution in [2.24, 2.45) is 0 Å². The quantitative estimate of drug-likeness (QED) is 0.881. The van der Waals surface area contributed by atoms with Gasteiger partial charge < -0.3 is 15.3 Å². The lowest BCUT2D eigenvalue weighted by molar-refractivity contribution is -0.128. The van der Waals surface area contributed by atoms with Crippen molar-refractivity contribution >= 4 is 22.6 Å². The molecule has 106 valence electrons. The maximum atomic E-state index is 11.5. The number of aliphatic hydroxyl groups is 1. The van der Waals surface area contributed by atoms with E-state index in [0.717, 1.165) is 22.3 Å². The number of para-hydroxylation sites is 1. The lowest BCUT2D eigenvalue weighted by Crippen LogP contribution is -2.32. The maximum Gasteiger partial charge on any atom is 0.248 e. The minimum atomic E-state index is -1.00. The lowest BCUT2D eigenvalue weighted by Gasteiger charge is -2.15. The predicted octanol–water partition coefficient (Wildman–Crippen LogP) is 1.30. The number of benzene rings is 1. The van der Waals surface area contributed by atoms with Crippen LogP contribution in [-0.2, 0) is 11.3 Å². The Hall–Kier alpha value is -2.14. The van der Waals surface area contributed by atoms with Gasteiger partial charge in [0.1, 0.15) is 11.9 Å². The summed E-state index contributed by atoms with van der Waals surface area (Å²) in [6, 6.07) is 9.75. The molecule has 20 heavy (non-hydrogen) atoms. The van der Waals surface area contributed by atoms with Crippen molar-refractivity contribution in [3.8, 4) is 0 Å². The fourth-order valence-electron chi connectivity index (χ4n) is 1.94. The first-order chi connectivity index (χ1) is 9.49. The number of pyridine rings is 1. The first kappa shape index (κ1) is 14.3. The Kier molecular flexibility index (Phi) is 4.20. The van der Waals surface area contributed by atoms with Crippen molar-refractivity contribution in [1.82, 2.24) is 10.3 Å². The number of amides is 1. The summed E-state index contributed by atoms with van der Waals surface area (Å²) < 4.78 is 0. The monoisotopic (exact) mass is 273 g/mol. The molecular weight excluding hydrogens is 254 g/mol. The van der Waals surface area contributed by atoms with Crippen LogP contribution in [-0.4, -0.2) is 36.2 Å². The lowest BCUT2D eigenvalue weighted by atomic mass is 10.1. The van der Waals surface area contributed by atoms with Crippen molar-refractivity contribution in [3.63, 3.8) is 0 Å². The summed E-state index contributed by atoms with van der Waals surface area (Å²) in [4.78, 5) is 18.0. The van der Waals surface area contributed by atoms with Gasteiger partial charge in [-0.15, -0.1) is 0 Å². The third-order valence-electron chi connectivity index (χ3n) is 3.08. The molecule has 0 bridgehead atoms. The summed E-state index contributed by atoms with van der Waals surface area (Å²) in [7, 11) is 3.85. The Balaban J connectivity index is 2.37. The molecule has 2 N–H and O–H groups in total. The highest BCUT2D eigenvalue weighted by Crippen LogP contribution is 2.21. The molecule has 0 saturated heterocycles. The van der Waals surface area contributed by atoms with E-state index in [0.29, 0.717) is 6.54 Å². The van der Waals surface area contributed by atoms with Gasteiger partial charge in [-0.25, -0.2) is 4.98 Å². The van der Waals surface area contributed by atoms with Crippen LogP contribution in [0, 0.1) is 0 Å². The number of hydrogen-bond donors (Lipinski definition) is 2. The number of carbonyl (C=O) groups excluding carboxylic acids is 1. The number of hydrogen-bond acceptors (Lipinski definition) is 4. The highest BCUT2D eigenvalue weighted by atomic mass is 16.3. The molecule has 0 aliphatic rings. The number of rotatable bonds is 4. The van der Waals surface area contributed by atoms with Crippen LogP contribution in [0.1, 0.15) is 12.5 Å². The van der Waals surface area contributed by atoms with Crippen LogP contribution >= 0.6 is 0 Å². The Morgan fingerprint density at radius 1 is 1.40 bits per heavy atom. The van der Waals surface area contributed by atoms with E-state index in [-0.39, 0.29) is 5.91 Å². The summed E-state index contributed by atoms with van der Waals surface area (Å²) in [5.74, 6) is 0.460. The van der Waals surface area contributed by atoms with E-state index in [1.54, 1.807) is 0 Å². The summed E-state index contributed by atoms with van der Waals surface area (Å²) >= 11 is 0. The molecule has 0 aliphatic heterocycles. The van der Waals surface area contributed by atoms with Crippen LogP contribution in [0.2, 0.25) is 0 Å². The van der Waals surface area contributed by atoms with Gasteiger partial charge in [0.15, 0.2) is 0 Å². The molecule has 0 aliphatic carbocycles. The highest BCUT2D eigenvalue weighted by Gasteiger charge is 2.11.